The molecule has 5 nitrogen and oxygen atoms in total. The molecule has 1 saturated heterocycles. The summed E-state index contributed by atoms with van der Waals surface area (Å²) in [5.41, 5.74) is 3.03. The molecule has 1 aromatic rings. The van der Waals surface area contributed by atoms with E-state index in [1.54, 1.807) is 12.1 Å². The minimum Gasteiger partial charge on any atom is -0.494 e. The SMILES string of the molecule is CCN1CCCC1CN/C1=C/C(Nc2ccc(OC)c(F)c2)=N/C=C(\C)CC1. The second kappa shape index (κ2) is 9.73. The van der Waals surface area contributed by atoms with Crippen molar-refractivity contribution in [1.29, 1.82) is 0 Å². The first-order valence-electron chi connectivity index (χ1n) is 10.1. The summed E-state index contributed by atoms with van der Waals surface area (Å²) in [5, 5.41) is 6.86. The molecule has 2 aliphatic rings. The van der Waals surface area contributed by atoms with Crippen LogP contribution in [0.5, 0.6) is 5.75 Å². The molecule has 1 unspecified atom stereocenters. The number of halogens is 1. The molecule has 1 atom stereocenters. The van der Waals surface area contributed by atoms with Crippen molar-refractivity contribution >= 4 is 11.5 Å². The van der Waals surface area contributed by atoms with Crippen LogP contribution in [0.15, 0.2) is 46.7 Å². The molecule has 0 aromatic heterocycles. The molecule has 152 valence electrons. The van der Waals surface area contributed by atoms with Crippen LogP contribution in [-0.2, 0) is 0 Å². The third kappa shape index (κ3) is 5.35. The van der Waals surface area contributed by atoms with Gasteiger partial charge in [0.25, 0.3) is 0 Å². The van der Waals surface area contributed by atoms with E-state index in [0.717, 1.165) is 31.6 Å². The Labute approximate surface area is 167 Å². The van der Waals surface area contributed by atoms with E-state index in [1.165, 1.54) is 38.1 Å². The highest BCUT2D eigenvalue weighted by atomic mass is 19.1. The van der Waals surface area contributed by atoms with Crippen molar-refractivity contribution in [3.63, 3.8) is 0 Å². The molecule has 28 heavy (non-hydrogen) atoms. The highest BCUT2D eigenvalue weighted by Gasteiger charge is 2.22. The minimum absolute atomic E-state index is 0.232. The first kappa shape index (κ1) is 20.4. The molecule has 2 N–H and O–H groups in total. The molecule has 6 heteroatoms. The summed E-state index contributed by atoms with van der Waals surface area (Å²) in [4.78, 5) is 7.09. The van der Waals surface area contributed by atoms with Crippen molar-refractivity contribution < 1.29 is 9.13 Å². The van der Waals surface area contributed by atoms with E-state index < -0.39 is 5.82 Å². The molecular weight excluding hydrogens is 355 g/mol. The Morgan fingerprint density at radius 1 is 1.32 bits per heavy atom. The van der Waals surface area contributed by atoms with Crippen LogP contribution in [0, 0.1) is 5.82 Å². The summed E-state index contributed by atoms with van der Waals surface area (Å²) in [6.07, 6.45) is 8.37. The van der Waals surface area contributed by atoms with Crippen LogP contribution < -0.4 is 15.4 Å². The summed E-state index contributed by atoms with van der Waals surface area (Å²) >= 11 is 0. The number of rotatable bonds is 6. The van der Waals surface area contributed by atoms with Crippen LogP contribution in [0.2, 0.25) is 0 Å². The normalized spacial score (nSPS) is 26.1. The van der Waals surface area contributed by atoms with Crippen LogP contribution in [0.4, 0.5) is 10.1 Å². The maximum absolute atomic E-state index is 14.0. The number of likely N-dealkylation sites (N-methyl/N-ethyl adjacent to an activating group) is 1. The predicted molar refractivity (Wildman–Crippen MR) is 113 cm³/mol. The lowest BCUT2D eigenvalue weighted by Crippen LogP contribution is -2.37. The number of aliphatic imine (C=N–C) groups is 1. The van der Waals surface area contributed by atoms with Crippen molar-refractivity contribution in [2.24, 2.45) is 4.99 Å². The lowest BCUT2D eigenvalue weighted by molar-refractivity contribution is 0.264. The molecule has 3 rings (SSSR count). The van der Waals surface area contributed by atoms with Crippen molar-refractivity contribution in [2.45, 2.75) is 45.6 Å². The maximum atomic E-state index is 14.0. The van der Waals surface area contributed by atoms with Crippen molar-refractivity contribution in [2.75, 3.05) is 32.1 Å². The van der Waals surface area contributed by atoms with E-state index in [9.17, 15) is 4.39 Å². The number of benzene rings is 1. The average molecular weight is 387 g/mol. The first-order valence-corrected chi connectivity index (χ1v) is 10.1. The van der Waals surface area contributed by atoms with Gasteiger partial charge < -0.3 is 15.4 Å². The van der Waals surface area contributed by atoms with E-state index in [2.05, 4.69) is 34.4 Å². The largest absolute Gasteiger partial charge is 0.494 e. The standard InChI is InChI=1S/C22H31FN4O/c1-4-27-11-5-6-19(27)15-24-17-8-7-16(2)14-25-22(13-17)26-18-9-10-21(28-3)20(23)12-18/h9-10,12-14,19,24H,4-8,11,15H2,1-3H3,(H,25,26)/b16-14+,17-13+. The number of hydrogen-bond donors (Lipinski definition) is 2. The first-order chi connectivity index (χ1) is 13.6. The number of likely N-dealkylation sites (tertiary alicyclic amines) is 1. The molecular formula is C22H31FN4O. The van der Waals surface area contributed by atoms with E-state index in [4.69, 9.17) is 4.74 Å². The van der Waals surface area contributed by atoms with E-state index in [-0.39, 0.29) is 5.75 Å². The van der Waals surface area contributed by atoms with Gasteiger partial charge >= 0.3 is 0 Å². The third-order valence-corrected chi connectivity index (χ3v) is 5.42. The molecule has 2 aliphatic heterocycles. The summed E-state index contributed by atoms with van der Waals surface area (Å²) in [7, 11) is 1.46. The number of amidine groups is 1. The zero-order valence-electron chi connectivity index (χ0n) is 17.1. The van der Waals surface area contributed by atoms with Crippen LogP contribution in [0.1, 0.15) is 39.5 Å². The fourth-order valence-electron chi connectivity index (χ4n) is 3.74. The minimum atomic E-state index is -0.395. The third-order valence-electron chi connectivity index (χ3n) is 5.42. The molecule has 0 radical (unpaired) electrons. The van der Waals surface area contributed by atoms with E-state index in [1.807, 2.05) is 12.3 Å². The number of allylic oxidation sites excluding steroid dienone is 2. The molecule has 2 heterocycles. The van der Waals surface area contributed by atoms with Crippen molar-refractivity contribution in [3.05, 3.63) is 47.6 Å². The Kier molecular flexibility index (Phi) is 7.09. The lowest BCUT2D eigenvalue weighted by atomic mass is 10.1. The fraction of sp³-hybridized carbons (Fsp3) is 0.500. The van der Waals surface area contributed by atoms with Gasteiger partial charge in [-0.25, -0.2) is 9.38 Å². The number of hydrogen-bond acceptors (Lipinski definition) is 5. The van der Waals surface area contributed by atoms with E-state index >= 15 is 0 Å². The monoisotopic (exact) mass is 386 g/mol. The van der Waals surface area contributed by atoms with E-state index in [0.29, 0.717) is 17.6 Å². The van der Waals surface area contributed by atoms with Gasteiger partial charge in [-0.1, -0.05) is 12.5 Å². The Morgan fingerprint density at radius 2 is 2.18 bits per heavy atom. The molecule has 0 bridgehead atoms. The van der Waals surface area contributed by atoms with Crippen LogP contribution >= 0.6 is 0 Å². The Hall–Kier alpha value is -2.34. The number of nitrogens with one attached hydrogen (secondary N) is 2. The second-order valence-electron chi connectivity index (χ2n) is 7.44. The van der Waals surface area contributed by atoms with Crippen molar-refractivity contribution in [3.8, 4) is 5.75 Å². The topological polar surface area (TPSA) is 48.9 Å². The highest BCUT2D eigenvalue weighted by molar-refractivity contribution is 6.04. The van der Waals surface area contributed by atoms with Crippen LogP contribution in [0.3, 0.4) is 0 Å². The van der Waals surface area contributed by atoms with Crippen LogP contribution in [-0.4, -0.2) is 43.5 Å². The molecule has 0 spiro atoms. The quantitative estimate of drug-likeness (QED) is 0.765. The van der Waals surface area contributed by atoms with Crippen LogP contribution in [0.25, 0.3) is 0 Å². The van der Waals surface area contributed by atoms with Gasteiger partial charge in [0.2, 0.25) is 0 Å². The lowest BCUT2D eigenvalue weighted by Gasteiger charge is -2.24. The summed E-state index contributed by atoms with van der Waals surface area (Å²) in [5.74, 6) is 0.537. The molecule has 0 aliphatic carbocycles. The number of ether oxygens (including phenoxy) is 1. The van der Waals surface area contributed by atoms with Gasteiger partial charge in [-0.2, -0.15) is 0 Å². The van der Waals surface area contributed by atoms with Gasteiger partial charge in [0.15, 0.2) is 11.6 Å². The van der Waals surface area contributed by atoms with Gasteiger partial charge in [-0.3, -0.25) is 4.90 Å². The number of nitrogens with zero attached hydrogens (tertiary/aromatic N) is 2. The molecule has 0 amide bonds. The zero-order valence-corrected chi connectivity index (χ0v) is 17.1. The van der Waals surface area contributed by atoms with Gasteiger partial charge in [0.05, 0.1) is 7.11 Å². The summed E-state index contributed by atoms with van der Waals surface area (Å²) in [6.45, 7) is 7.57. The predicted octanol–water partition coefficient (Wildman–Crippen LogP) is 4.30. The summed E-state index contributed by atoms with van der Waals surface area (Å²) in [6, 6.07) is 5.43. The average Bonchev–Trinajstić information content (AvgIpc) is 3.14. The molecule has 1 fully saturated rings. The van der Waals surface area contributed by atoms with Gasteiger partial charge in [0.1, 0.15) is 5.84 Å². The molecule has 0 saturated carbocycles. The fourth-order valence-corrected chi connectivity index (χ4v) is 3.74. The van der Waals surface area contributed by atoms with Gasteiger partial charge in [-0.15, -0.1) is 0 Å². The number of methoxy groups -OCH3 is 1. The highest BCUT2D eigenvalue weighted by Crippen LogP contribution is 2.22. The summed E-state index contributed by atoms with van der Waals surface area (Å²) < 4.78 is 19.0. The number of anilines is 1. The van der Waals surface area contributed by atoms with Crippen molar-refractivity contribution in [1.82, 2.24) is 10.2 Å². The molecule has 1 aromatic carbocycles. The second-order valence-corrected chi connectivity index (χ2v) is 7.44. The Bertz CT molecular complexity index is 772. The van der Waals surface area contributed by atoms with Gasteiger partial charge in [-0.05, 0) is 63.9 Å². The van der Waals surface area contributed by atoms with Gasteiger partial charge in [0, 0.05) is 36.2 Å². The smallest absolute Gasteiger partial charge is 0.167 e. The maximum Gasteiger partial charge on any atom is 0.167 e. The zero-order chi connectivity index (χ0) is 19.9. The Morgan fingerprint density at radius 3 is 2.93 bits per heavy atom. The Balaban J connectivity index is 1.71.